The molecule has 2 aliphatic rings. The first-order valence-electron chi connectivity index (χ1n) is 10.2. The molecule has 1 aliphatic heterocycles. The fourth-order valence-corrected chi connectivity index (χ4v) is 4.95. The van der Waals surface area contributed by atoms with Crippen LogP contribution in [0.1, 0.15) is 46.8 Å². The van der Waals surface area contributed by atoms with Crippen LogP contribution in [0, 0.1) is 0 Å². The van der Waals surface area contributed by atoms with Gasteiger partial charge in [-0.25, -0.2) is 9.48 Å². The fourth-order valence-electron chi connectivity index (χ4n) is 4.04. The average molecular weight is 467 g/mol. The lowest BCUT2D eigenvalue weighted by Crippen LogP contribution is -2.31. The van der Waals surface area contributed by atoms with Crippen molar-refractivity contribution in [1.82, 2.24) is 14.8 Å². The highest BCUT2D eigenvalue weighted by molar-refractivity contribution is 7.98. The van der Waals surface area contributed by atoms with Gasteiger partial charge in [0.1, 0.15) is 6.04 Å². The number of nitrogens with one attached hydrogen (secondary N) is 1. The van der Waals surface area contributed by atoms with Gasteiger partial charge in [-0.05, 0) is 48.2 Å². The number of ketones is 1. The molecule has 0 unspecified atom stereocenters. The number of aromatic carboxylic acids is 1. The van der Waals surface area contributed by atoms with Crippen molar-refractivity contribution >= 4 is 41.1 Å². The summed E-state index contributed by atoms with van der Waals surface area (Å²) in [5.74, 6) is 0.397. The van der Waals surface area contributed by atoms with E-state index in [2.05, 4.69) is 10.3 Å². The molecule has 2 N–H and O–H groups in total. The number of nitrogens with zero attached hydrogens (tertiary/aromatic N) is 3. The molecular formula is C23H19ClN4O3S. The van der Waals surface area contributed by atoms with Gasteiger partial charge in [0.2, 0.25) is 11.1 Å². The van der Waals surface area contributed by atoms with Crippen molar-refractivity contribution in [2.24, 2.45) is 0 Å². The zero-order valence-electron chi connectivity index (χ0n) is 16.9. The summed E-state index contributed by atoms with van der Waals surface area (Å²) in [5.41, 5.74) is 3.83. The summed E-state index contributed by atoms with van der Waals surface area (Å²) in [7, 11) is 0. The van der Waals surface area contributed by atoms with Gasteiger partial charge in [0.05, 0.1) is 5.56 Å². The number of allylic oxidation sites excluding steroid dienone is 2. The minimum absolute atomic E-state index is 0.132. The Balaban J connectivity index is 1.45. The number of halogens is 1. The molecule has 3 aromatic rings. The van der Waals surface area contributed by atoms with E-state index in [0.29, 0.717) is 28.3 Å². The molecule has 7 nitrogen and oxygen atoms in total. The molecule has 32 heavy (non-hydrogen) atoms. The summed E-state index contributed by atoms with van der Waals surface area (Å²) in [5, 5.41) is 18.3. The van der Waals surface area contributed by atoms with Crippen LogP contribution in [0.15, 0.2) is 65.0 Å². The molecule has 0 amide bonds. The number of anilines is 1. The van der Waals surface area contributed by atoms with Gasteiger partial charge < -0.3 is 10.4 Å². The van der Waals surface area contributed by atoms with Crippen LogP contribution in [0.2, 0.25) is 5.02 Å². The number of benzene rings is 2. The normalized spacial score (nSPS) is 17.5. The molecule has 2 aromatic carbocycles. The van der Waals surface area contributed by atoms with E-state index in [1.54, 1.807) is 28.9 Å². The van der Waals surface area contributed by atoms with E-state index in [1.807, 2.05) is 24.3 Å². The first-order chi connectivity index (χ1) is 15.5. The third-order valence-electron chi connectivity index (χ3n) is 5.60. The largest absolute Gasteiger partial charge is 0.478 e. The monoisotopic (exact) mass is 466 g/mol. The summed E-state index contributed by atoms with van der Waals surface area (Å²) < 4.78 is 1.78. The van der Waals surface area contributed by atoms with Crippen molar-refractivity contribution in [3.8, 4) is 0 Å². The van der Waals surface area contributed by atoms with E-state index in [-0.39, 0.29) is 17.4 Å². The Morgan fingerprint density at radius 3 is 2.62 bits per heavy atom. The number of rotatable bonds is 5. The SMILES string of the molecule is O=C1CCCC2=C1[C@H](c1ccc(Cl)cc1)n1nc(SCc3ccc(C(=O)O)cc3)nc1N2. The number of carbonyl (C=O) groups excluding carboxylic acids is 1. The van der Waals surface area contributed by atoms with E-state index in [1.165, 1.54) is 11.8 Å². The van der Waals surface area contributed by atoms with Gasteiger partial charge in [-0.1, -0.05) is 47.6 Å². The Morgan fingerprint density at radius 1 is 1.16 bits per heavy atom. The van der Waals surface area contributed by atoms with Crippen LogP contribution in [-0.4, -0.2) is 31.6 Å². The molecule has 1 atom stereocenters. The third-order valence-corrected chi connectivity index (χ3v) is 6.76. The molecule has 0 bridgehead atoms. The van der Waals surface area contributed by atoms with Gasteiger partial charge in [-0.3, -0.25) is 4.79 Å². The first-order valence-corrected chi connectivity index (χ1v) is 11.6. The van der Waals surface area contributed by atoms with E-state index >= 15 is 0 Å². The van der Waals surface area contributed by atoms with Gasteiger partial charge in [0.25, 0.3) is 0 Å². The van der Waals surface area contributed by atoms with Gasteiger partial charge in [-0.2, -0.15) is 4.98 Å². The number of hydrogen-bond donors (Lipinski definition) is 2. The number of carbonyl (C=O) groups is 2. The lowest BCUT2D eigenvalue weighted by molar-refractivity contribution is -0.116. The van der Waals surface area contributed by atoms with E-state index in [0.717, 1.165) is 35.2 Å². The molecule has 0 saturated carbocycles. The smallest absolute Gasteiger partial charge is 0.335 e. The Morgan fingerprint density at radius 2 is 1.91 bits per heavy atom. The summed E-state index contributed by atoms with van der Waals surface area (Å²) in [4.78, 5) is 28.5. The maximum absolute atomic E-state index is 12.8. The van der Waals surface area contributed by atoms with E-state index in [4.69, 9.17) is 21.8 Å². The highest BCUT2D eigenvalue weighted by atomic mass is 35.5. The second-order valence-electron chi connectivity index (χ2n) is 7.70. The molecule has 0 saturated heterocycles. The highest BCUT2D eigenvalue weighted by Gasteiger charge is 2.36. The minimum Gasteiger partial charge on any atom is -0.478 e. The molecular weight excluding hydrogens is 448 g/mol. The Bertz CT molecular complexity index is 1240. The van der Waals surface area contributed by atoms with Crippen LogP contribution in [0.25, 0.3) is 0 Å². The first kappa shape index (κ1) is 20.8. The maximum atomic E-state index is 12.8. The second-order valence-corrected chi connectivity index (χ2v) is 9.08. The fraction of sp³-hybridized carbons (Fsp3) is 0.217. The number of carboxylic acids is 1. The Hall–Kier alpha value is -3.10. The summed E-state index contributed by atoms with van der Waals surface area (Å²) in [6.45, 7) is 0. The quantitative estimate of drug-likeness (QED) is 0.514. The van der Waals surface area contributed by atoms with Crippen molar-refractivity contribution < 1.29 is 14.7 Å². The molecule has 0 fully saturated rings. The lowest BCUT2D eigenvalue weighted by Gasteiger charge is -2.32. The number of carboxylic acid groups (broad SMARTS) is 1. The maximum Gasteiger partial charge on any atom is 0.335 e. The van der Waals surface area contributed by atoms with Crippen molar-refractivity contribution in [3.05, 3.63) is 81.5 Å². The molecule has 1 aliphatic carbocycles. The summed E-state index contributed by atoms with van der Waals surface area (Å²) in [6, 6.07) is 13.9. The van der Waals surface area contributed by atoms with Crippen molar-refractivity contribution in [2.45, 2.75) is 36.2 Å². The number of hydrogen-bond acceptors (Lipinski definition) is 6. The number of aromatic nitrogens is 3. The molecule has 9 heteroatoms. The Kier molecular flexibility index (Phi) is 5.48. The van der Waals surface area contributed by atoms with Gasteiger partial charge in [0, 0.05) is 28.5 Å². The number of fused-ring (bicyclic) bond motifs is 1. The average Bonchev–Trinajstić information content (AvgIpc) is 3.20. The van der Waals surface area contributed by atoms with Crippen molar-refractivity contribution in [3.63, 3.8) is 0 Å². The molecule has 162 valence electrons. The second kappa shape index (κ2) is 8.44. The molecule has 0 spiro atoms. The molecule has 5 rings (SSSR count). The van der Waals surface area contributed by atoms with Crippen LogP contribution < -0.4 is 5.32 Å². The number of thioether (sulfide) groups is 1. The van der Waals surface area contributed by atoms with Gasteiger partial charge in [-0.15, -0.1) is 5.10 Å². The summed E-state index contributed by atoms with van der Waals surface area (Å²) >= 11 is 7.55. The van der Waals surface area contributed by atoms with Gasteiger partial charge in [0.15, 0.2) is 5.78 Å². The lowest BCUT2D eigenvalue weighted by atomic mass is 9.85. The van der Waals surface area contributed by atoms with Crippen LogP contribution in [-0.2, 0) is 10.5 Å². The molecule has 0 radical (unpaired) electrons. The highest BCUT2D eigenvalue weighted by Crippen LogP contribution is 2.40. The Labute approximate surface area is 193 Å². The minimum atomic E-state index is -0.946. The van der Waals surface area contributed by atoms with E-state index < -0.39 is 5.97 Å². The third kappa shape index (κ3) is 3.91. The predicted octanol–water partition coefficient (Wildman–Crippen LogP) is 4.94. The molecule has 1 aromatic heterocycles. The van der Waals surface area contributed by atoms with Crippen LogP contribution >= 0.6 is 23.4 Å². The molecule has 2 heterocycles. The predicted molar refractivity (Wildman–Crippen MR) is 122 cm³/mol. The summed E-state index contributed by atoms with van der Waals surface area (Å²) in [6.07, 6.45) is 2.15. The topological polar surface area (TPSA) is 97.1 Å². The zero-order chi connectivity index (χ0) is 22.2. The van der Waals surface area contributed by atoms with Crippen molar-refractivity contribution in [2.75, 3.05) is 5.32 Å². The van der Waals surface area contributed by atoms with Gasteiger partial charge >= 0.3 is 5.97 Å². The van der Waals surface area contributed by atoms with Crippen LogP contribution in [0.4, 0.5) is 5.95 Å². The number of Topliss-reactive ketones (excluding diaryl/α,β-unsaturated/α-hetero) is 1. The van der Waals surface area contributed by atoms with Crippen LogP contribution in [0.5, 0.6) is 0 Å². The van der Waals surface area contributed by atoms with Crippen LogP contribution in [0.3, 0.4) is 0 Å². The zero-order valence-corrected chi connectivity index (χ0v) is 18.5. The van der Waals surface area contributed by atoms with E-state index in [9.17, 15) is 9.59 Å². The standard InChI is InChI=1S/C23H19ClN4O3S/c24-16-10-8-14(9-11-16)20-19-17(2-1-3-18(19)29)25-22-26-23(27-28(20)22)32-12-13-4-6-15(7-5-13)21(30)31/h4-11,20H,1-3,12H2,(H,30,31)(H,25,26,27)/t20-/m0/s1. The van der Waals surface area contributed by atoms with Crippen molar-refractivity contribution in [1.29, 1.82) is 0 Å².